The maximum Gasteiger partial charge on any atom is 0.183 e. The highest BCUT2D eigenvalue weighted by atomic mass is 16.5. The molecule has 0 atom stereocenters. The third-order valence-corrected chi connectivity index (χ3v) is 3.19. The monoisotopic (exact) mass is 301 g/mol. The van der Waals surface area contributed by atoms with Crippen LogP contribution in [0.2, 0.25) is 0 Å². The van der Waals surface area contributed by atoms with Crippen LogP contribution in [0.25, 0.3) is 0 Å². The molecule has 0 aromatic rings. The molecule has 126 valence electrons. The van der Waals surface area contributed by atoms with Gasteiger partial charge in [-0.1, -0.05) is 20.8 Å². The van der Waals surface area contributed by atoms with Gasteiger partial charge in [0.25, 0.3) is 0 Å². The molecule has 0 spiro atoms. The van der Waals surface area contributed by atoms with E-state index < -0.39 is 11.1 Å². The summed E-state index contributed by atoms with van der Waals surface area (Å²) in [5.41, 5.74) is 3.96. The first kappa shape index (κ1) is 20.6. The van der Waals surface area contributed by atoms with E-state index in [4.69, 9.17) is 15.2 Å². The summed E-state index contributed by atoms with van der Waals surface area (Å²) in [6.07, 6.45) is 0.727. The van der Waals surface area contributed by atoms with E-state index in [-0.39, 0.29) is 16.8 Å². The van der Waals surface area contributed by atoms with Crippen molar-refractivity contribution >= 4 is 5.78 Å². The van der Waals surface area contributed by atoms with E-state index in [0.29, 0.717) is 13.2 Å². The Balaban J connectivity index is 4.38. The van der Waals surface area contributed by atoms with Crippen molar-refractivity contribution in [3.05, 3.63) is 0 Å². The Labute approximate surface area is 130 Å². The number of rotatable bonds is 8. The number of hydrogen-bond donors (Lipinski definition) is 1. The zero-order valence-electron chi connectivity index (χ0n) is 15.4. The van der Waals surface area contributed by atoms with Crippen molar-refractivity contribution in [2.75, 3.05) is 13.2 Å². The third kappa shape index (κ3) is 8.54. The molecule has 0 unspecified atom stereocenters. The maximum absolute atomic E-state index is 12.2. The quantitative estimate of drug-likeness (QED) is 0.747. The van der Waals surface area contributed by atoms with E-state index in [1.807, 2.05) is 13.8 Å². The van der Waals surface area contributed by atoms with Crippen LogP contribution >= 0.6 is 0 Å². The van der Waals surface area contributed by atoms with E-state index in [1.165, 1.54) is 0 Å². The summed E-state index contributed by atoms with van der Waals surface area (Å²) < 4.78 is 11.7. The molecular weight excluding hydrogens is 266 g/mol. The molecule has 4 nitrogen and oxygen atoms in total. The summed E-state index contributed by atoms with van der Waals surface area (Å²) in [4.78, 5) is 12.2. The molecule has 0 heterocycles. The van der Waals surface area contributed by atoms with Crippen LogP contribution in [0.3, 0.4) is 0 Å². The van der Waals surface area contributed by atoms with Crippen LogP contribution in [0, 0.1) is 5.41 Å². The van der Waals surface area contributed by atoms with Gasteiger partial charge >= 0.3 is 0 Å². The number of nitrogens with two attached hydrogens (primary N) is 1. The van der Waals surface area contributed by atoms with Gasteiger partial charge in [0.2, 0.25) is 0 Å². The lowest BCUT2D eigenvalue weighted by molar-refractivity contribution is -0.148. The number of ketones is 1. The minimum Gasteiger partial charge on any atom is -0.375 e. The zero-order chi connectivity index (χ0) is 17.1. The molecule has 0 rings (SSSR count). The maximum atomic E-state index is 12.2. The molecule has 2 N–H and O–H groups in total. The van der Waals surface area contributed by atoms with Crippen LogP contribution in [0.5, 0.6) is 0 Å². The van der Waals surface area contributed by atoms with Crippen LogP contribution in [0.1, 0.15) is 68.7 Å². The van der Waals surface area contributed by atoms with Gasteiger partial charge in [-0.05, 0) is 53.4 Å². The van der Waals surface area contributed by atoms with Crippen molar-refractivity contribution < 1.29 is 14.3 Å². The molecule has 0 aliphatic rings. The second kappa shape index (κ2) is 6.76. The number of Topliss-reactive ketones (excluding diaryl/α,β-unsaturated/α-hetero) is 1. The molecule has 0 saturated heterocycles. The topological polar surface area (TPSA) is 61.5 Å². The third-order valence-electron chi connectivity index (χ3n) is 3.19. The lowest BCUT2D eigenvalue weighted by Gasteiger charge is -2.33. The minimum atomic E-state index is -0.887. The first-order valence-corrected chi connectivity index (χ1v) is 7.69. The fourth-order valence-electron chi connectivity index (χ4n) is 1.88. The Morgan fingerprint density at radius 1 is 0.905 bits per heavy atom. The zero-order valence-corrected chi connectivity index (χ0v) is 15.4. The molecule has 0 aromatic carbocycles. The predicted octanol–water partition coefficient (Wildman–Crippen LogP) is 3.32. The van der Waals surface area contributed by atoms with E-state index in [2.05, 4.69) is 20.8 Å². The van der Waals surface area contributed by atoms with Gasteiger partial charge in [0.1, 0.15) is 5.60 Å². The minimum absolute atomic E-state index is 0.0941. The van der Waals surface area contributed by atoms with E-state index in [9.17, 15) is 4.79 Å². The Bertz CT molecular complexity index is 346. The van der Waals surface area contributed by atoms with Gasteiger partial charge in [-0.15, -0.1) is 0 Å². The summed E-state index contributed by atoms with van der Waals surface area (Å²) in [6, 6.07) is 0. The molecule has 0 amide bonds. The van der Waals surface area contributed by atoms with E-state index >= 15 is 0 Å². The van der Waals surface area contributed by atoms with Gasteiger partial charge in [0.15, 0.2) is 5.78 Å². The first-order chi connectivity index (χ1) is 9.07. The lowest BCUT2D eigenvalue weighted by Crippen LogP contribution is -2.53. The van der Waals surface area contributed by atoms with Crippen LogP contribution < -0.4 is 5.73 Å². The van der Waals surface area contributed by atoms with Crippen molar-refractivity contribution in [1.82, 2.24) is 0 Å². The number of ether oxygens (including phenoxy) is 2. The van der Waals surface area contributed by atoms with Gasteiger partial charge in [0.05, 0.1) is 24.4 Å². The summed E-state index contributed by atoms with van der Waals surface area (Å²) >= 11 is 0. The summed E-state index contributed by atoms with van der Waals surface area (Å²) in [5, 5.41) is 0. The number of carbonyl (C=O) groups excluding carboxylic acids is 1. The average molecular weight is 301 g/mol. The Morgan fingerprint density at radius 3 is 1.76 bits per heavy atom. The van der Waals surface area contributed by atoms with Gasteiger partial charge in [0, 0.05) is 0 Å². The summed E-state index contributed by atoms with van der Waals surface area (Å²) in [5.74, 6) is -0.0941. The van der Waals surface area contributed by atoms with Crippen LogP contribution in [0.15, 0.2) is 0 Å². The highest BCUT2D eigenvalue weighted by molar-refractivity contribution is 5.94. The van der Waals surface area contributed by atoms with Gasteiger partial charge < -0.3 is 15.2 Å². The van der Waals surface area contributed by atoms with Crippen molar-refractivity contribution in [2.45, 2.75) is 85.5 Å². The molecule has 0 aliphatic carbocycles. The molecule has 0 radical (unpaired) electrons. The standard InChI is InChI=1S/C17H35NO3/c1-14(2,3)12-21-15(4,5)10-11-20-17(8,9)13(19)16(6,7)18/h10-12,18H2,1-9H3. The average Bonchev–Trinajstić information content (AvgIpc) is 2.23. The largest absolute Gasteiger partial charge is 0.375 e. The highest BCUT2D eigenvalue weighted by Gasteiger charge is 2.37. The van der Waals surface area contributed by atoms with Crippen LogP contribution in [-0.4, -0.2) is 35.7 Å². The Hall–Kier alpha value is -0.450. The molecule has 0 fully saturated rings. The number of carbonyl (C=O) groups is 1. The van der Waals surface area contributed by atoms with Crippen molar-refractivity contribution in [1.29, 1.82) is 0 Å². The fraction of sp³-hybridized carbons (Fsp3) is 0.941. The van der Waals surface area contributed by atoms with Crippen molar-refractivity contribution in [3.63, 3.8) is 0 Å². The van der Waals surface area contributed by atoms with Gasteiger partial charge in [-0.25, -0.2) is 0 Å². The SMILES string of the molecule is CC(C)(C)COC(C)(C)CCOC(C)(C)C(=O)C(C)(C)N. The van der Waals surface area contributed by atoms with Crippen LogP contribution in [-0.2, 0) is 14.3 Å². The molecule has 0 bridgehead atoms. The molecular formula is C17H35NO3. The molecule has 0 aliphatic heterocycles. The molecule has 21 heavy (non-hydrogen) atoms. The second-order valence-electron chi connectivity index (χ2n) is 8.77. The fourth-order valence-corrected chi connectivity index (χ4v) is 1.88. The van der Waals surface area contributed by atoms with Crippen molar-refractivity contribution in [3.8, 4) is 0 Å². The normalized spacial score (nSPS) is 14.4. The molecule has 0 saturated carbocycles. The van der Waals surface area contributed by atoms with Crippen molar-refractivity contribution in [2.24, 2.45) is 11.1 Å². The Kier molecular flexibility index (Phi) is 6.61. The number of hydrogen-bond acceptors (Lipinski definition) is 4. The van der Waals surface area contributed by atoms with Gasteiger partial charge in [-0.2, -0.15) is 0 Å². The summed E-state index contributed by atoms with van der Waals surface area (Å²) in [7, 11) is 0. The second-order valence-corrected chi connectivity index (χ2v) is 8.77. The summed E-state index contributed by atoms with van der Waals surface area (Å²) in [6.45, 7) is 18.6. The van der Waals surface area contributed by atoms with E-state index in [0.717, 1.165) is 6.42 Å². The van der Waals surface area contributed by atoms with Gasteiger partial charge in [-0.3, -0.25) is 4.79 Å². The predicted molar refractivity (Wildman–Crippen MR) is 87.4 cm³/mol. The molecule has 4 heteroatoms. The Morgan fingerprint density at radius 2 is 1.38 bits per heavy atom. The lowest BCUT2D eigenvalue weighted by atomic mass is 9.88. The highest BCUT2D eigenvalue weighted by Crippen LogP contribution is 2.23. The first-order valence-electron chi connectivity index (χ1n) is 7.69. The smallest absolute Gasteiger partial charge is 0.183 e. The van der Waals surface area contributed by atoms with E-state index in [1.54, 1.807) is 27.7 Å². The molecule has 0 aromatic heterocycles. The van der Waals surface area contributed by atoms with Crippen LogP contribution in [0.4, 0.5) is 0 Å².